The number of hydrogen-bond donors (Lipinski definition) is 1. The van der Waals surface area contributed by atoms with Crippen molar-refractivity contribution in [2.24, 2.45) is 11.8 Å². The van der Waals surface area contributed by atoms with E-state index in [2.05, 4.69) is 0 Å². The molecule has 0 bridgehead atoms. The van der Waals surface area contributed by atoms with Crippen LogP contribution in [-0.2, 0) is 9.59 Å². The van der Waals surface area contributed by atoms with Crippen molar-refractivity contribution in [3.8, 4) is 0 Å². The van der Waals surface area contributed by atoms with Crippen LogP contribution in [0.1, 0.15) is 28.8 Å². The molecule has 2 amide bonds. The molecule has 3 fully saturated rings. The molecule has 29 heavy (non-hydrogen) atoms. The fraction of sp³-hybridized carbons (Fsp3) is 0.348. The number of aryl methyl sites for hydroxylation is 1. The minimum atomic E-state index is -0.651. The second-order valence-electron chi connectivity index (χ2n) is 8.32. The summed E-state index contributed by atoms with van der Waals surface area (Å²) < 4.78 is 13.3. The normalized spacial score (nSPS) is 30.6. The van der Waals surface area contributed by atoms with Gasteiger partial charge in [0.2, 0.25) is 17.6 Å². The van der Waals surface area contributed by atoms with Gasteiger partial charge in [-0.3, -0.25) is 14.4 Å². The van der Waals surface area contributed by atoms with E-state index in [0.717, 1.165) is 29.8 Å². The van der Waals surface area contributed by atoms with Crippen LogP contribution in [-0.4, -0.2) is 36.2 Å². The van der Waals surface area contributed by atoms with Gasteiger partial charge in [0, 0.05) is 18.4 Å². The van der Waals surface area contributed by atoms with Gasteiger partial charge >= 0.3 is 0 Å². The van der Waals surface area contributed by atoms with Gasteiger partial charge in [0.15, 0.2) is 6.04 Å². The highest BCUT2D eigenvalue weighted by Crippen LogP contribution is 2.40. The average molecular weight is 393 g/mol. The summed E-state index contributed by atoms with van der Waals surface area (Å²) in [7, 11) is 0. The number of fused-ring (bicyclic) bond motifs is 3. The van der Waals surface area contributed by atoms with Crippen molar-refractivity contribution in [3.63, 3.8) is 0 Å². The summed E-state index contributed by atoms with van der Waals surface area (Å²) in [6, 6.07) is 12.2. The van der Waals surface area contributed by atoms with Crippen LogP contribution in [0.3, 0.4) is 0 Å². The van der Waals surface area contributed by atoms with E-state index in [1.54, 1.807) is 12.1 Å². The Morgan fingerprint density at radius 2 is 1.66 bits per heavy atom. The lowest BCUT2D eigenvalue weighted by Gasteiger charge is -2.25. The number of anilines is 1. The Kier molecular flexibility index (Phi) is 4.13. The fourth-order valence-electron chi connectivity index (χ4n) is 5.48. The van der Waals surface area contributed by atoms with Gasteiger partial charge in [-0.15, -0.1) is 0 Å². The monoisotopic (exact) mass is 393 g/mol. The summed E-state index contributed by atoms with van der Waals surface area (Å²) in [6.45, 7) is 2.73. The number of nitrogens with zero attached hydrogens (tertiary/aromatic N) is 1. The number of carbonyl (C=O) groups is 3. The molecule has 0 saturated carbocycles. The number of amides is 2. The summed E-state index contributed by atoms with van der Waals surface area (Å²) in [5.74, 6) is -2.17. The third-order valence-electron chi connectivity index (χ3n) is 6.75. The molecule has 2 aromatic rings. The molecule has 3 saturated heterocycles. The molecule has 5 atom stereocenters. The lowest BCUT2D eigenvalue weighted by Crippen LogP contribution is -3.16. The highest BCUT2D eigenvalue weighted by Gasteiger charge is 2.68. The summed E-state index contributed by atoms with van der Waals surface area (Å²) in [6.07, 6.45) is 1.77. The number of quaternary nitrogens is 1. The van der Waals surface area contributed by atoms with E-state index in [1.165, 1.54) is 29.2 Å². The Labute approximate surface area is 168 Å². The average Bonchev–Trinajstić information content (AvgIpc) is 3.35. The van der Waals surface area contributed by atoms with Crippen LogP contribution in [0.15, 0.2) is 48.5 Å². The van der Waals surface area contributed by atoms with Gasteiger partial charge in [0.1, 0.15) is 23.7 Å². The first-order chi connectivity index (χ1) is 14.0. The lowest BCUT2D eigenvalue weighted by molar-refractivity contribution is -0.915. The first-order valence-corrected chi connectivity index (χ1v) is 10.1. The topological polar surface area (TPSA) is 58.9 Å². The molecule has 148 valence electrons. The molecule has 3 aliphatic heterocycles. The molecule has 0 spiro atoms. The van der Waals surface area contributed by atoms with Crippen LogP contribution in [0.5, 0.6) is 0 Å². The first-order valence-electron chi connectivity index (χ1n) is 10.1. The highest BCUT2D eigenvalue weighted by molar-refractivity contribution is 6.24. The maximum Gasteiger partial charge on any atom is 0.244 e. The lowest BCUT2D eigenvalue weighted by atomic mass is 9.85. The van der Waals surface area contributed by atoms with Crippen molar-refractivity contribution in [1.29, 1.82) is 0 Å². The fourth-order valence-corrected chi connectivity index (χ4v) is 5.48. The van der Waals surface area contributed by atoms with Crippen LogP contribution in [0, 0.1) is 24.6 Å². The van der Waals surface area contributed by atoms with Gasteiger partial charge in [-0.2, -0.15) is 0 Å². The van der Waals surface area contributed by atoms with Gasteiger partial charge in [-0.25, -0.2) is 9.29 Å². The number of nitrogens with one attached hydrogen (secondary N) is 1. The minimum Gasteiger partial charge on any atom is -0.322 e. The van der Waals surface area contributed by atoms with Gasteiger partial charge in [-0.05, 0) is 43.3 Å². The Morgan fingerprint density at radius 3 is 2.34 bits per heavy atom. The highest BCUT2D eigenvalue weighted by atomic mass is 19.1. The number of benzene rings is 2. The van der Waals surface area contributed by atoms with Crippen molar-refractivity contribution in [3.05, 3.63) is 65.5 Å². The second-order valence-corrected chi connectivity index (χ2v) is 8.32. The van der Waals surface area contributed by atoms with Gasteiger partial charge < -0.3 is 4.90 Å². The predicted octanol–water partition coefficient (Wildman–Crippen LogP) is 1.55. The van der Waals surface area contributed by atoms with E-state index >= 15 is 0 Å². The zero-order valence-electron chi connectivity index (χ0n) is 16.1. The molecule has 0 aromatic heterocycles. The zero-order valence-corrected chi connectivity index (χ0v) is 16.1. The van der Waals surface area contributed by atoms with Crippen LogP contribution in [0.25, 0.3) is 0 Å². The summed E-state index contributed by atoms with van der Waals surface area (Å²) in [5, 5.41) is 0. The Hall–Kier alpha value is -2.86. The van der Waals surface area contributed by atoms with E-state index in [1.807, 2.05) is 19.1 Å². The number of hydrogen-bond acceptors (Lipinski definition) is 3. The van der Waals surface area contributed by atoms with E-state index in [9.17, 15) is 18.8 Å². The number of rotatable bonds is 3. The second kappa shape index (κ2) is 6.59. The van der Waals surface area contributed by atoms with Crippen molar-refractivity contribution in [1.82, 2.24) is 0 Å². The minimum absolute atomic E-state index is 0.0127. The predicted molar refractivity (Wildman–Crippen MR) is 104 cm³/mol. The van der Waals surface area contributed by atoms with Crippen molar-refractivity contribution >= 4 is 23.3 Å². The number of halogens is 1. The molecule has 5 rings (SSSR count). The Bertz CT molecular complexity index is 1000. The molecule has 0 aliphatic carbocycles. The standard InChI is InChI=1S/C23H21FN2O3/c1-13-4-10-16(11-5-13)26-22(28)18-17-3-2-12-25(17)20(19(18)23(26)29)21(27)14-6-8-15(24)9-7-14/h4-11,17-20H,2-3,12H2,1H3/p+1/t17-,18+,19+,20-/m0/s1. The molecule has 1 unspecified atom stereocenters. The third-order valence-corrected chi connectivity index (χ3v) is 6.75. The van der Waals surface area contributed by atoms with Gasteiger partial charge in [0.05, 0.1) is 12.2 Å². The Morgan fingerprint density at radius 1 is 1.00 bits per heavy atom. The van der Waals surface area contributed by atoms with Gasteiger partial charge in [0.25, 0.3) is 0 Å². The van der Waals surface area contributed by atoms with Crippen molar-refractivity contribution in [2.75, 3.05) is 11.4 Å². The molecular formula is C23H22FN2O3+. The van der Waals surface area contributed by atoms with Crippen LogP contribution >= 0.6 is 0 Å². The van der Waals surface area contributed by atoms with Crippen molar-refractivity contribution in [2.45, 2.75) is 31.8 Å². The van der Waals surface area contributed by atoms with Crippen LogP contribution in [0.4, 0.5) is 10.1 Å². The SMILES string of the molecule is Cc1ccc(N2C(=O)[C@@H]3[C@H](C2=O)[C@@H]2CCC[NH+]2[C@@H]3C(=O)c2ccc(F)cc2)cc1. The number of ketones is 1. The zero-order chi connectivity index (χ0) is 20.3. The molecule has 2 aromatic carbocycles. The van der Waals surface area contributed by atoms with E-state index in [4.69, 9.17) is 0 Å². The number of imide groups is 1. The van der Waals surface area contributed by atoms with Crippen molar-refractivity contribution < 1.29 is 23.7 Å². The molecule has 0 radical (unpaired) electrons. The summed E-state index contributed by atoms with van der Waals surface area (Å²) in [5.41, 5.74) is 2.00. The molecule has 5 nitrogen and oxygen atoms in total. The quantitative estimate of drug-likeness (QED) is 0.636. The largest absolute Gasteiger partial charge is 0.322 e. The van der Waals surface area contributed by atoms with Crippen LogP contribution in [0.2, 0.25) is 0 Å². The van der Waals surface area contributed by atoms with E-state index in [-0.39, 0.29) is 23.6 Å². The maximum absolute atomic E-state index is 13.4. The number of carbonyl (C=O) groups excluding carboxylic acids is 3. The van der Waals surface area contributed by atoms with E-state index < -0.39 is 23.7 Å². The molecule has 6 heteroatoms. The first kappa shape index (κ1) is 18.2. The summed E-state index contributed by atoms with van der Waals surface area (Å²) in [4.78, 5) is 42.4. The summed E-state index contributed by atoms with van der Waals surface area (Å²) >= 11 is 0. The molecular weight excluding hydrogens is 371 g/mol. The molecule has 3 aliphatic rings. The van der Waals surface area contributed by atoms with Crippen LogP contribution < -0.4 is 9.80 Å². The Balaban J connectivity index is 1.54. The van der Waals surface area contributed by atoms with Gasteiger partial charge in [-0.1, -0.05) is 17.7 Å². The smallest absolute Gasteiger partial charge is 0.244 e. The third kappa shape index (κ3) is 2.66. The number of Topliss-reactive ketones (excluding diaryl/α,β-unsaturated/α-hetero) is 1. The molecule has 1 N–H and O–H groups in total. The maximum atomic E-state index is 13.4. The van der Waals surface area contributed by atoms with E-state index in [0.29, 0.717) is 11.3 Å². The molecule has 3 heterocycles.